The van der Waals surface area contributed by atoms with Crippen LogP contribution in [0.1, 0.15) is 44.1 Å². The number of aryl methyl sites for hydroxylation is 1. The number of hydrogen-bond donors (Lipinski definition) is 4. The molecule has 6 nitrogen and oxygen atoms in total. The number of rotatable bonds is 11. The molecule has 0 aliphatic heterocycles. The minimum atomic E-state index is -0.797. The van der Waals surface area contributed by atoms with E-state index in [1.54, 1.807) is 18.6 Å². The van der Waals surface area contributed by atoms with Crippen molar-refractivity contribution in [2.75, 3.05) is 0 Å². The van der Waals surface area contributed by atoms with Gasteiger partial charge in [0.05, 0.1) is 30.8 Å². The number of aliphatic hydroxyl groups is 3. The van der Waals surface area contributed by atoms with E-state index in [9.17, 15) is 20.1 Å². The second-order valence-electron chi connectivity index (χ2n) is 7.23. The zero-order valence-electron chi connectivity index (χ0n) is 15.5. The Kier molecular flexibility index (Phi) is 8.78. The largest absolute Gasteiger partial charge is 0.481 e. The van der Waals surface area contributed by atoms with Gasteiger partial charge in [-0.25, -0.2) is 0 Å². The number of carboxylic acids is 1. The topological polar surface area (TPSA) is 111 Å². The molecule has 0 radical (unpaired) electrons. The molecule has 6 heteroatoms. The highest BCUT2D eigenvalue weighted by atomic mass is 16.4. The fraction of sp³-hybridized carbons (Fsp3) is 0.571. The van der Waals surface area contributed by atoms with E-state index < -0.39 is 24.3 Å². The Bertz CT molecular complexity index is 606. The van der Waals surface area contributed by atoms with Crippen LogP contribution in [0.4, 0.5) is 0 Å². The maximum absolute atomic E-state index is 10.5. The fourth-order valence-electron chi connectivity index (χ4n) is 3.55. The number of aliphatic carboxylic acids is 1. The molecule has 0 amide bonds. The predicted octanol–water partition coefficient (Wildman–Crippen LogP) is 2.69. The Morgan fingerprint density at radius 3 is 2.81 bits per heavy atom. The number of furan rings is 1. The van der Waals surface area contributed by atoms with Crippen molar-refractivity contribution in [3.8, 4) is 0 Å². The molecule has 2 rings (SSSR count). The third kappa shape index (κ3) is 7.33. The molecule has 1 fully saturated rings. The number of unbranched alkanes of at least 4 members (excludes halogenated alkanes) is 1. The molecular weight excluding hydrogens is 348 g/mol. The van der Waals surface area contributed by atoms with E-state index in [2.05, 4.69) is 0 Å². The van der Waals surface area contributed by atoms with Crippen LogP contribution in [-0.4, -0.2) is 44.7 Å². The Balaban J connectivity index is 1.81. The third-order valence-electron chi connectivity index (χ3n) is 5.12. The van der Waals surface area contributed by atoms with Crippen molar-refractivity contribution >= 4 is 5.97 Å². The third-order valence-corrected chi connectivity index (χ3v) is 5.12. The van der Waals surface area contributed by atoms with Crippen LogP contribution in [0.2, 0.25) is 0 Å². The van der Waals surface area contributed by atoms with Crippen LogP contribution >= 0.6 is 0 Å². The molecule has 0 saturated heterocycles. The van der Waals surface area contributed by atoms with Gasteiger partial charge in [0.25, 0.3) is 0 Å². The summed E-state index contributed by atoms with van der Waals surface area (Å²) in [6, 6.07) is 1.87. The van der Waals surface area contributed by atoms with E-state index >= 15 is 0 Å². The highest BCUT2D eigenvalue weighted by Crippen LogP contribution is 2.36. The SMILES string of the molecule is O=C(O)CCCC=CC[C@@H]1[C@@H](C=C[C@@H](O)CCc2ccoc2)[C@H](O)C[C@@H]1O. The normalized spacial score (nSPS) is 26.9. The van der Waals surface area contributed by atoms with Crippen LogP contribution < -0.4 is 0 Å². The zero-order valence-corrected chi connectivity index (χ0v) is 15.5. The monoisotopic (exact) mass is 378 g/mol. The molecule has 1 aliphatic rings. The number of allylic oxidation sites excluding steroid dienone is 2. The van der Waals surface area contributed by atoms with Crippen molar-refractivity contribution in [1.82, 2.24) is 0 Å². The van der Waals surface area contributed by atoms with E-state index in [-0.39, 0.29) is 18.3 Å². The van der Waals surface area contributed by atoms with Gasteiger partial charge < -0.3 is 24.8 Å². The van der Waals surface area contributed by atoms with Crippen molar-refractivity contribution in [3.05, 3.63) is 48.5 Å². The summed E-state index contributed by atoms with van der Waals surface area (Å²) in [7, 11) is 0. The molecule has 5 atom stereocenters. The molecule has 0 aromatic carbocycles. The van der Waals surface area contributed by atoms with Crippen LogP contribution in [0, 0.1) is 11.8 Å². The Morgan fingerprint density at radius 2 is 2.11 bits per heavy atom. The lowest BCUT2D eigenvalue weighted by atomic mass is 9.89. The first kappa shape index (κ1) is 21.4. The van der Waals surface area contributed by atoms with Gasteiger partial charge in [0.15, 0.2) is 0 Å². The summed E-state index contributed by atoms with van der Waals surface area (Å²) in [5, 5.41) is 39.2. The first-order chi connectivity index (χ1) is 13.0. The molecule has 1 aromatic rings. The predicted molar refractivity (Wildman–Crippen MR) is 101 cm³/mol. The van der Waals surface area contributed by atoms with E-state index in [0.29, 0.717) is 38.5 Å². The molecule has 4 N–H and O–H groups in total. The van der Waals surface area contributed by atoms with Gasteiger partial charge >= 0.3 is 5.97 Å². The van der Waals surface area contributed by atoms with Crippen molar-refractivity contribution in [1.29, 1.82) is 0 Å². The molecule has 1 heterocycles. The molecule has 0 bridgehead atoms. The van der Waals surface area contributed by atoms with Crippen LogP contribution in [-0.2, 0) is 11.2 Å². The van der Waals surface area contributed by atoms with Gasteiger partial charge in [0.1, 0.15) is 0 Å². The van der Waals surface area contributed by atoms with Gasteiger partial charge in [-0.1, -0.05) is 24.3 Å². The minimum absolute atomic E-state index is 0.104. The van der Waals surface area contributed by atoms with Gasteiger partial charge in [-0.2, -0.15) is 0 Å². The lowest BCUT2D eigenvalue weighted by molar-refractivity contribution is -0.137. The molecule has 1 saturated carbocycles. The smallest absolute Gasteiger partial charge is 0.303 e. The lowest BCUT2D eigenvalue weighted by Gasteiger charge is -2.19. The molecule has 0 spiro atoms. The van der Waals surface area contributed by atoms with Gasteiger partial charge in [-0.15, -0.1) is 0 Å². The van der Waals surface area contributed by atoms with Gasteiger partial charge in [0.2, 0.25) is 0 Å². The summed E-state index contributed by atoms with van der Waals surface area (Å²) in [5.74, 6) is -1.10. The summed E-state index contributed by atoms with van der Waals surface area (Å²) in [5.41, 5.74) is 1.03. The second kappa shape index (κ2) is 11.1. The minimum Gasteiger partial charge on any atom is -0.481 e. The average Bonchev–Trinajstić information content (AvgIpc) is 3.22. The standard InChI is InChI=1S/C21H30O6/c22-16(8-7-15-11-12-27-14-15)9-10-18-17(19(23)13-20(18)24)5-3-1-2-4-6-21(25)26/h1,3,9-12,14,16-20,22-24H,2,4-8,13H2,(H,25,26)/t16-,17+,18+,19-,20+/m0/s1. The first-order valence-corrected chi connectivity index (χ1v) is 9.57. The van der Waals surface area contributed by atoms with Crippen molar-refractivity contribution in [2.45, 2.75) is 63.3 Å². The van der Waals surface area contributed by atoms with Crippen LogP contribution in [0.3, 0.4) is 0 Å². The van der Waals surface area contributed by atoms with Crippen LogP contribution in [0.5, 0.6) is 0 Å². The highest BCUT2D eigenvalue weighted by molar-refractivity contribution is 5.66. The highest BCUT2D eigenvalue weighted by Gasteiger charge is 2.39. The quantitative estimate of drug-likeness (QED) is 0.348. The number of hydrogen-bond acceptors (Lipinski definition) is 5. The molecule has 27 heavy (non-hydrogen) atoms. The molecule has 0 unspecified atom stereocenters. The number of carbonyl (C=O) groups is 1. The fourth-order valence-corrected chi connectivity index (χ4v) is 3.55. The number of aliphatic hydroxyl groups excluding tert-OH is 3. The van der Waals surface area contributed by atoms with Crippen LogP contribution in [0.25, 0.3) is 0 Å². The van der Waals surface area contributed by atoms with E-state index in [1.165, 1.54) is 0 Å². The van der Waals surface area contributed by atoms with Gasteiger partial charge in [-0.05, 0) is 49.7 Å². The lowest BCUT2D eigenvalue weighted by Crippen LogP contribution is -2.20. The maximum atomic E-state index is 10.5. The van der Waals surface area contributed by atoms with Crippen molar-refractivity contribution in [3.63, 3.8) is 0 Å². The van der Waals surface area contributed by atoms with Gasteiger partial charge in [0, 0.05) is 18.8 Å². The molecule has 1 aromatic heterocycles. The van der Waals surface area contributed by atoms with E-state index in [1.807, 2.05) is 24.3 Å². The van der Waals surface area contributed by atoms with Gasteiger partial charge in [-0.3, -0.25) is 4.79 Å². The first-order valence-electron chi connectivity index (χ1n) is 9.57. The Hall–Kier alpha value is -1.89. The summed E-state index contributed by atoms with van der Waals surface area (Å²) in [6.45, 7) is 0. The van der Waals surface area contributed by atoms with E-state index in [4.69, 9.17) is 9.52 Å². The summed E-state index contributed by atoms with van der Waals surface area (Å²) in [4.78, 5) is 10.5. The molecule has 150 valence electrons. The van der Waals surface area contributed by atoms with Crippen molar-refractivity contribution < 1.29 is 29.6 Å². The maximum Gasteiger partial charge on any atom is 0.303 e. The Morgan fingerprint density at radius 1 is 1.30 bits per heavy atom. The summed E-state index contributed by atoms with van der Waals surface area (Å²) >= 11 is 0. The zero-order chi connectivity index (χ0) is 19.6. The second-order valence-corrected chi connectivity index (χ2v) is 7.23. The summed E-state index contributed by atoms with van der Waals surface area (Å²) in [6.07, 6.45) is 12.5. The number of carboxylic acid groups (broad SMARTS) is 1. The average molecular weight is 378 g/mol. The summed E-state index contributed by atoms with van der Waals surface area (Å²) < 4.78 is 5.01. The van der Waals surface area contributed by atoms with Crippen molar-refractivity contribution in [2.24, 2.45) is 11.8 Å². The van der Waals surface area contributed by atoms with E-state index in [0.717, 1.165) is 5.56 Å². The molecular formula is C21H30O6. The van der Waals surface area contributed by atoms with Crippen LogP contribution in [0.15, 0.2) is 47.3 Å². The molecule has 1 aliphatic carbocycles. The Labute approximate surface area is 159 Å².